The van der Waals surface area contributed by atoms with Crippen molar-refractivity contribution in [1.82, 2.24) is 9.80 Å². The number of carbonyl (C=O) groups is 1. The molecule has 1 aliphatic rings. The third kappa shape index (κ3) is 4.35. The Morgan fingerprint density at radius 3 is 2.27 bits per heavy atom. The van der Waals surface area contributed by atoms with Crippen LogP contribution in [-0.4, -0.2) is 60.6 Å². The molecule has 138 valence electrons. The summed E-state index contributed by atoms with van der Waals surface area (Å²) in [6.07, 6.45) is 0. The Labute approximate surface area is 155 Å². The second kappa shape index (κ2) is 8.23. The van der Waals surface area contributed by atoms with Crippen LogP contribution in [-0.2, 0) is 4.79 Å². The quantitative estimate of drug-likeness (QED) is 0.898. The van der Waals surface area contributed by atoms with Crippen LogP contribution >= 0.6 is 0 Å². The van der Waals surface area contributed by atoms with E-state index in [4.69, 9.17) is 0 Å². The average Bonchev–Trinajstić information content (AvgIpc) is 2.69. The van der Waals surface area contributed by atoms with Gasteiger partial charge in [0, 0.05) is 38.9 Å². The topological polar surface area (TPSA) is 47.0 Å². The fraction of sp³-hybridized carbons (Fsp3) is 0.381. The van der Waals surface area contributed by atoms with E-state index in [1.54, 1.807) is 12.1 Å². The number of nitrogens with zero attached hydrogens (tertiary/aromatic N) is 3. The molecule has 0 aromatic heterocycles. The van der Waals surface area contributed by atoms with Crippen LogP contribution in [0.25, 0.3) is 0 Å². The minimum absolute atomic E-state index is 0.0713. The number of amides is 1. The van der Waals surface area contributed by atoms with E-state index in [-0.39, 0.29) is 17.7 Å². The van der Waals surface area contributed by atoms with Crippen LogP contribution in [0.3, 0.4) is 0 Å². The number of piperazine rings is 1. The number of rotatable bonds is 5. The molecule has 2 aromatic rings. The molecule has 2 aromatic carbocycles. The van der Waals surface area contributed by atoms with E-state index in [1.807, 2.05) is 42.3 Å². The second-order valence-electron chi connectivity index (χ2n) is 6.87. The van der Waals surface area contributed by atoms with E-state index in [0.29, 0.717) is 6.54 Å². The van der Waals surface area contributed by atoms with E-state index in [2.05, 4.69) is 28.9 Å². The predicted octanol–water partition coefficient (Wildman–Crippen LogP) is 2.73. The molecule has 1 amide bonds. The summed E-state index contributed by atoms with van der Waals surface area (Å²) in [7, 11) is 1.88. The summed E-state index contributed by atoms with van der Waals surface area (Å²) in [5.74, 6) is 0.438. The first-order valence-corrected chi connectivity index (χ1v) is 9.11. The molecule has 3 rings (SSSR count). The standard InChI is InChI=1S/C21H27N3O2/c1-17(18-6-4-3-5-7-18)22(2)21(26)16-23-12-14-24(15-13-23)19-8-10-20(25)11-9-19/h3-11,17,25H,12-16H2,1-2H3/t17-/m1/s1. The predicted molar refractivity (Wildman–Crippen MR) is 104 cm³/mol. The molecule has 1 atom stereocenters. The highest BCUT2D eigenvalue weighted by molar-refractivity contribution is 5.78. The number of aromatic hydroxyl groups is 1. The van der Waals surface area contributed by atoms with Crippen LogP contribution in [0.2, 0.25) is 0 Å². The molecule has 0 radical (unpaired) electrons. The zero-order chi connectivity index (χ0) is 18.5. The summed E-state index contributed by atoms with van der Waals surface area (Å²) in [5, 5.41) is 9.41. The summed E-state index contributed by atoms with van der Waals surface area (Å²) in [4.78, 5) is 19.0. The first-order chi connectivity index (χ1) is 12.5. The van der Waals surface area contributed by atoms with Crippen LogP contribution in [0, 0.1) is 0 Å². The molecule has 1 saturated heterocycles. The van der Waals surface area contributed by atoms with Gasteiger partial charge in [0.25, 0.3) is 0 Å². The fourth-order valence-corrected chi connectivity index (χ4v) is 3.30. The molecule has 0 bridgehead atoms. The Kier molecular flexibility index (Phi) is 5.78. The van der Waals surface area contributed by atoms with Gasteiger partial charge in [-0.3, -0.25) is 9.69 Å². The number of hydrogen-bond acceptors (Lipinski definition) is 4. The van der Waals surface area contributed by atoms with Crippen LogP contribution in [0.5, 0.6) is 5.75 Å². The van der Waals surface area contributed by atoms with E-state index in [9.17, 15) is 9.90 Å². The lowest BCUT2D eigenvalue weighted by Gasteiger charge is -2.37. The molecule has 0 saturated carbocycles. The maximum Gasteiger partial charge on any atom is 0.236 e. The number of likely N-dealkylation sites (N-methyl/N-ethyl adjacent to an activating group) is 1. The van der Waals surface area contributed by atoms with Gasteiger partial charge in [-0.1, -0.05) is 30.3 Å². The molecule has 5 heteroatoms. The average molecular weight is 353 g/mol. The smallest absolute Gasteiger partial charge is 0.236 e. The molecule has 1 aliphatic heterocycles. The highest BCUT2D eigenvalue weighted by Gasteiger charge is 2.23. The van der Waals surface area contributed by atoms with Crippen LogP contribution in [0.4, 0.5) is 5.69 Å². The van der Waals surface area contributed by atoms with E-state index >= 15 is 0 Å². The molecule has 1 heterocycles. The summed E-state index contributed by atoms with van der Waals surface area (Å²) in [6.45, 7) is 6.01. The Morgan fingerprint density at radius 2 is 1.65 bits per heavy atom. The SMILES string of the molecule is C[C@H](c1ccccc1)N(C)C(=O)CN1CCN(c2ccc(O)cc2)CC1. The molecule has 1 N–H and O–H groups in total. The number of carbonyl (C=O) groups excluding carboxylic acids is 1. The summed E-state index contributed by atoms with van der Waals surface area (Å²) in [5.41, 5.74) is 2.27. The van der Waals surface area contributed by atoms with Crippen LogP contribution in [0.1, 0.15) is 18.5 Å². The third-order valence-electron chi connectivity index (χ3n) is 5.20. The third-order valence-corrected chi connectivity index (χ3v) is 5.20. The van der Waals surface area contributed by atoms with Crippen LogP contribution < -0.4 is 4.90 Å². The van der Waals surface area contributed by atoms with Gasteiger partial charge >= 0.3 is 0 Å². The molecule has 26 heavy (non-hydrogen) atoms. The van der Waals surface area contributed by atoms with Crippen molar-refractivity contribution in [2.45, 2.75) is 13.0 Å². The van der Waals surface area contributed by atoms with Crippen molar-refractivity contribution in [2.24, 2.45) is 0 Å². The first-order valence-electron chi connectivity index (χ1n) is 9.11. The molecule has 5 nitrogen and oxygen atoms in total. The zero-order valence-corrected chi connectivity index (χ0v) is 15.5. The number of anilines is 1. The number of phenolic OH excluding ortho intramolecular Hbond substituents is 1. The fourth-order valence-electron chi connectivity index (χ4n) is 3.30. The lowest BCUT2D eigenvalue weighted by molar-refractivity contribution is -0.133. The molecule has 0 aliphatic carbocycles. The number of hydrogen-bond donors (Lipinski definition) is 1. The summed E-state index contributed by atoms with van der Waals surface area (Å²) < 4.78 is 0. The van der Waals surface area contributed by atoms with Crippen molar-refractivity contribution < 1.29 is 9.90 Å². The maximum absolute atomic E-state index is 12.7. The van der Waals surface area contributed by atoms with Crippen molar-refractivity contribution >= 4 is 11.6 Å². The van der Waals surface area contributed by atoms with Gasteiger partial charge in [-0.25, -0.2) is 0 Å². The Hall–Kier alpha value is -2.53. The lowest BCUT2D eigenvalue weighted by Crippen LogP contribution is -2.50. The Bertz CT molecular complexity index is 710. The number of phenols is 1. The Morgan fingerprint density at radius 1 is 1.04 bits per heavy atom. The van der Waals surface area contributed by atoms with Gasteiger partial charge in [-0.15, -0.1) is 0 Å². The number of benzene rings is 2. The largest absolute Gasteiger partial charge is 0.508 e. The van der Waals surface area contributed by atoms with Crippen molar-refractivity contribution in [2.75, 3.05) is 44.7 Å². The normalized spacial score (nSPS) is 16.3. The highest BCUT2D eigenvalue weighted by Crippen LogP contribution is 2.21. The lowest BCUT2D eigenvalue weighted by atomic mass is 10.1. The molecular weight excluding hydrogens is 326 g/mol. The highest BCUT2D eigenvalue weighted by atomic mass is 16.3. The molecule has 0 unspecified atom stereocenters. The van der Waals surface area contributed by atoms with Gasteiger partial charge in [0.05, 0.1) is 12.6 Å². The monoisotopic (exact) mass is 353 g/mol. The van der Waals surface area contributed by atoms with Crippen molar-refractivity contribution in [1.29, 1.82) is 0 Å². The second-order valence-corrected chi connectivity index (χ2v) is 6.87. The minimum Gasteiger partial charge on any atom is -0.508 e. The zero-order valence-electron chi connectivity index (χ0n) is 15.5. The van der Waals surface area contributed by atoms with E-state index in [0.717, 1.165) is 37.4 Å². The van der Waals surface area contributed by atoms with Gasteiger partial charge in [0.15, 0.2) is 0 Å². The van der Waals surface area contributed by atoms with Gasteiger partial charge in [-0.2, -0.15) is 0 Å². The minimum atomic E-state index is 0.0713. The van der Waals surface area contributed by atoms with Crippen molar-refractivity contribution in [3.05, 3.63) is 60.2 Å². The van der Waals surface area contributed by atoms with E-state index < -0.39 is 0 Å². The summed E-state index contributed by atoms with van der Waals surface area (Å²) >= 11 is 0. The summed E-state index contributed by atoms with van der Waals surface area (Å²) in [6, 6.07) is 17.5. The van der Waals surface area contributed by atoms with Gasteiger partial charge in [0.1, 0.15) is 5.75 Å². The van der Waals surface area contributed by atoms with E-state index in [1.165, 1.54) is 0 Å². The van der Waals surface area contributed by atoms with Gasteiger partial charge in [-0.05, 0) is 36.8 Å². The molecule has 0 spiro atoms. The van der Waals surface area contributed by atoms with Gasteiger partial charge in [0.2, 0.25) is 5.91 Å². The molecular formula is C21H27N3O2. The van der Waals surface area contributed by atoms with Gasteiger partial charge < -0.3 is 14.9 Å². The van der Waals surface area contributed by atoms with Crippen LogP contribution in [0.15, 0.2) is 54.6 Å². The van der Waals surface area contributed by atoms with Crippen molar-refractivity contribution in [3.63, 3.8) is 0 Å². The maximum atomic E-state index is 12.7. The molecule has 1 fully saturated rings. The Balaban J connectivity index is 1.50. The first kappa shape index (κ1) is 18.3. The van der Waals surface area contributed by atoms with Crippen molar-refractivity contribution in [3.8, 4) is 5.75 Å².